The van der Waals surface area contributed by atoms with Gasteiger partial charge in [-0.3, -0.25) is 9.59 Å². The normalized spacial score (nSPS) is 12.9. The smallest absolute Gasteiger partial charge is 0.338 e. The lowest BCUT2D eigenvalue weighted by Crippen LogP contribution is -2.50. The molecule has 0 saturated carbocycles. The second kappa shape index (κ2) is 7.36. The van der Waals surface area contributed by atoms with Gasteiger partial charge in [0.15, 0.2) is 6.61 Å². The number of benzene rings is 1. The van der Waals surface area contributed by atoms with Crippen molar-refractivity contribution < 1.29 is 19.1 Å². The van der Waals surface area contributed by atoms with Gasteiger partial charge < -0.3 is 10.1 Å². The van der Waals surface area contributed by atoms with Crippen molar-refractivity contribution in [2.45, 2.75) is 26.3 Å². The molecular formula is C16H18N2O4. The molecule has 1 amide bonds. The van der Waals surface area contributed by atoms with Crippen molar-refractivity contribution in [3.63, 3.8) is 0 Å². The van der Waals surface area contributed by atoms with Crippen LogP contribution in [-0.2, 0) is 9.53 Å². The molecule has 0 bridgehead atoms. The summed E-state index contributed by atoms with van der Waals surface area (Å²) >= 11 is 0. The number of hydrogen-bond donors (Lipinski definition) is 1. The van der Waals surface area contributed by atoms with Crippen LogP contribution in [0.2, 0.25) is 0 Å². The number of nitrogens with zero attached hydrogens (tertiary/aromatic N) is 1. The molecule has 0 aliphatic carbocycles. The number of ether oxygens (including phenoxy) is 1. The molecule has 0 saturated heterocycles. The number of nitrogens with one attached hydrogen (secondary N) is 1. The Kier molecular flexibility index (Phi) is 5.81. The fourth-order valence-corrected chi connectivity index (χ4v) is 1.54. The van der Waals surface area contributed by atoms with Crippen LogP contribution >= 0.6 is 0 Å². The van der Waals surface area contributed by atoms with Crippen LogP contribution in [0.15, 0.2) is 24.3 Å². The topological polar surface area (TPSA) is 96.3 Å². The maximum atomic E-state index is 11.8. The Labute approximate surface area is 129 Å². The lowest BCUT2D eigenvalue weighted by molar-refractivity contribution is -0.125. The number of aldehydes is 1. The molecule has 0 radical (unpaired) electrons. The zero-order chi connectivity index (χ0) is 16.8. The lowest BCUT2D eigenvalue weighted by atomic mass is 9.90. The fourth-order valence-electron chi connectivity index (χ4n) is 1.54. The van der Waals surface area contributed by atoms with Crippen LogP contribution in [0.1, 0.15) is 41.5 Å². The summed E-state index contributed by atoms with van der Waals surface area (Å²) in [4.78, 5) is 34.1. The van der Waals surface area contributed by atoms with E-state index in [1.807, 2.05) is 19.9 Å². The first-order valence-electron chi connectivity index (χ1n) is 6.77. The first-order valence-corrected chi connectivity index (χ1v) is 6.77. The molecule has 6 heteroatoms. The van der Waals surface area contributed by atoms with Gasteiger partial charge in [0, 0.05) is 5.56 Å². The van der Waals surface area contributed by atoms with Crippen molar-refractivity contribution in [3.8, 4) is 6.07 Å². The summed E-state index contributed by atoms with van der Waals surface area (Å²) < 4.78 is 4.88. The van der Waals surface area contributed by atoms with Crippen LogP contribution in [0.4, 0.5) is 0 Å². The highest BCUT2D eigenvalue weighted by molar-refractivity contribution is 5.92. The number of esters is 1. The van der Waals surface area contributed by atoms with E-state index in [2.05, 4.69) is 5.32 Å². The van der Waals surface area contributed by atoms with Crippen molar-refractivity contribution >= 4 is 18.2 Å². The van der Waals surface area contributed by atoms with E-state index in [9.17, 15) is 14.4 Å². The standard InChI is InChI=1S/C16H18N2O4/c1-11(2)16(3,10-17)18-14(20)9-22-15(21)13-6-4-12(8-19)5-7-13/h4-8,11H,9H2,1-3H3,(H,18,20)/t16-/m1/s1. The van der Waals surface area contributed by atoms with Crippen molar-refractivity contribution in [3.05, 3.63) is 35.4 Å². The third-order valence-electron chi connectivity index (χ3n) is 3.40. The Balaban J connectivity index is 2.58. The SMILES string of the molecule is CC(C)[C@@](C)(C#N)NC(=O)COC(=O)c1ccc(C=O)cc1. The summed E-state index contributed by atoms with van der Waals surface area (Å²) in [5.41, 5.74) is -0.337. The highest BCUT2D eigenvalue weighted by Gasteiger charge is 2.30. The van der Waals surface area contributed by atoms with E-state index >= 15 is 0 Å². The molecule has 116 valence electrons. The molecule has 1 rings (SSSR count). The minimum atomic E-state index is -1.02. The summed E-state index contributed by atoms with van der Waals surface area (Å²) in [5, 5.41) is 11.7. The Bertz CT molecular complexity index is 602. The lowest BCUT2D eigenvalue weighted by Gasteiger charge is -2.27. The average molecular weight is 302 g/mol. The molecule has 0 fully saturated rings. The summed E-state index contributed by atoms with van der Waals surface area (Å²) in [5.74, 6) is -1.31. The minimum Gasteiger partial charge on any atom is -0.452 e. The number of hydrogen-bond acceptors (Lipinski definition) is 5. The molecule has 0 aliphatic heterocycles. The molecule has 1 N–H and O–H groups in total. The van der Waals surface area contributed by atoms with E-state index in [1.54, 1.807) is 6.92 Å². The summed E-state index contributed by atoms with van der Waals surface area (Å²) in [6.07, 6.45) is 0.664. The maximum absolute atomic E-state index is 11.8. The number of rotatable bonds is 6. The van der Waals surface area contributed by atoms with Crippen LogP contribution in [0.3, 0.4) is 0 Å². The molecule has 1 aromatic carbocycles. The Morgan fingerprint density at radius 2 is 1.95 bits per heavy atom. The van der Waals surface area contributed by atoms with Crippen molar-refractivity contribution in [2.24, 2.45) is 5.92 Å². The van der Waals surface area contributed by atoms with Gasteiger partial charge in [-0.2, -0.15) is 5.26 Å². The van der Waals surface area contributed by atoms with Gasteiger partial charge in [0.2, 0.25) is 0 Å². The van der Waals surface area contributed by atoms with Gasteiger partial charge in [0.25, 0.3) is 5.91 Å². The van der Waals surface area contributed by atoms with E-state index in [0.717, 1.165) is 0 Å². The van der Waals surface area contributed by atoms with E-state index in [0.29, 0.717) is 11.8 Å². The predicted molar refractivity (Wildman–Crippen MR) is 79.1 cm³/mol. The van der Waals surface area contributed by atoms with Gasteiger partial charge in [-0.05, 0) is 25.0 Å². The molecule has 0 aliphatic rings. The fraction of sp³-hybridized carbons (Fsp3) is 0.375. The molecule has 0 heterocycles. The van der Waals surface area contributed by atoms with E-state index < -0.39 is 24.0 Å². The Morgan fingerprint density at radius 3 is 2.41 bits per heavy atom. The third-order valence-corrected chi connectivity index (χ3v) is 3.40. The minimum absolute atomic E-state index is 0.0898. The van der Waals surface area contributed by atoms with Crippen LogP contribution < -0.4 is 5.32 Å². The van der Waals surface area contributed by atoms with Crippen molar-refractivity contribution in [2.75, 3.05) is 6.61 Å². The third kappa shape index (κ3) is 4.42. The summed E-state index contributed by atoms with van der Waals surface area (Å²) in [7, 11) is 0. The van der Waals surface area contributed by atoms with Gasteiger partial charge in [0.05, 0.1) is 11.6 Å². The molecule has 1 aromatic rings. The first-order chi connectivity index (χ1) is 10.3. The van der Waals surface area contributed by atoms with Gasteiger partial charge >= 0.3 is 5.97 Å². The molecular weight excluding hydrogens is 284 g/mol. The maximum Gasteiger partial charge on any atom is 0.338 e. The Morgan fingerprint density at radius 1 is 1.36 bits per heavy atom. The predicted octanol–water partition coefficient (Wildman–Crippen LogP) is 1.71. The number of nitriles is 1. The molecule has 0 unspecified atom stereocenters. The molecule has 0 aromatic heterocycles. The molecule has 6 nitrogen and oxygen atoms in total. The van der Waals surface area contributed by atoms with Crippen molar-refractivity contribution in [1.29, 1.82) is 5.26 Å². The van der Waals surface area contributed by atoms with Crippen LogP contribution in [-0.4, -0.2) is 30.3 Å². The quantitative estimate of drug-likeness (QED) is 0.637. The zero-order valence-electron chi connectivity index (χ0n) is 12.8. The monoisotopic (exact) mass is 302 g/mol. The van der Waals surface area contributed by atoms with Gasteiger partial charge in [-0.25, -0.2) is 4.79 Å². The van der Waals surface area contributed by atoms with Crippen LogP contribution in [0, 0.1) is 17.2 Å². The second-order valence-corrected chi connectivity index (χ2v) is 5.33. The van der Waals surface area contributed by atoms with Gasteiger partial charge in [0.1, 0.15) is 11.8 Å². The van der Waals surface area contributed by atoms with E-state index in [1.165, 1.54) is 24.3 Å². The van der Waals surface area contributed by atoms with Crippen LogP contribution in [0.25, 0.3) is 0 Å². The summed E-state index contributed by atoms with van der Waals surface area (Å²) in [6.45, 7) is 4.75. The summed E-state index contributed by atoms with van der Waals surface area (Å²) in [6, 6.07) is 7.88. The van der Waals surface area contributed by atoms with E-state index in [4.69, 9.17) is 10.00 Å². The highest BCUT2D eigenvalue weighted by atomic mass is 16.5. The van der Waals surface area contributed by atoms with Gasteiger partial charge in [-0.1, -0.05) is 26.0 Å². The number of amides is 1. The molecule has 1 atom stereocenters. The van der Waals surface area contributed by atoms with Crippen molar-refractivity contribution in [1.82, 2.24) is 5.32 Å². The number of carbonyl (C=O) groups is 3. The molecule has 0 spiro atoms. The molecule has 22 heavy (non-hydrogen) atoms. The van der Waals surface area contributed by atoms with Gasteiger partial charge in [-0.15, -0.1) is 0 Å². The average Bonchev–Trinajstić information content (AvgIpc) is 2.52. The first kappa shape index (κ1) is 17.4. The second-order valence-electron chi connectivity index (χ2n) is 5.33. The largest absolute Gasteiger partial charge is 0.452 e. The zero-order valence-corrected chi connectivity index (χ0v) is 12.8. The van der Waals surface area contributed by atoms with E-state index in [-0.39, 0.29) is 11.5 Å². The Hall–Kier alpha value is -2.68. The van der Waals surface area contributed by atoms with Crippen LogP contribution in [0.5, 0.6) is 0 Å². The number of carbonyl (C=O) groups excluding carboxylic acids is 3. The highest BCUT2D eigenvalue weighted by Crippen LogP contribution is 2.14.